The van der Waals surface area contributed by atoms with Crippen LogP contribution in [0, 0.1) is 5.92 Å². The van der Waals surface area contributed by atoms with Gasteiger partial charge < -0.3 is 9.53 Å². The van der Waals surface area contributed by atoms with Crippen LogP contribution >= 0.6 is 0 Å². The van der Waals surface area contributed by atoms with Crippen molar-refractivity contribution in [1.82, 2.24) is 0 Å². The number of rotatable bonds is 6. The molecule has 2 unspecified atom stereocenters. The number of carboxylic acid groups (broad SMARTS) is 1. The van der Waals surface area contributed by atoms with Crippen LogP contribution in [0.2, 0.25) is 5.04 Å². The van der Waals surface area contributed by atoms with Crippen molar-refractivity contribution in [2.45, 2.75) is 39.2 Å². The van der Waals surface area contributed by atoms with Gasteiger partial charge in [0.2, 0.25) is 0 Å². The summed E-state index contributed by atoms with van der Waals surface area (Å²) in [7, 11) is -0.977. The summed E-state index contributed by atoms with van der Waals surface area (Å²) in [5.74, 6) is -0.509. The normalized spacial score (nSPS) is 18.8. The zero-order valence-electron chi connectivity index (χ0n) is 8.96. The third kappa shape index (κ3) is 3.12. The summed E-state index contributed by atoms with van der Waals surface area (Å²) < 4.78 is 5.34. The topological polar surface area (TPSA) is 46.5 Å². The van der Waals surface area contributed by atoms with Crippen LogP contribution in [0.1, 0.15) is 34.1 Å². The average Bonchev–Trinajstić information content (AvgIpc) is 2.12. The van der Waals surface area contributed by atoms with E-state index >= 15 is 0 Å². The molecule has 0 rings (SSSR count). The van der Waals surface area contributed by atoms with Crippen LogP contribution in [0.5, 0.6) is 0 Å². The van der Waals surface area contributed by atoms with Gasteiger partial charge in [0.1, 0.15) is 0 Å². The summed E-state index contributed by atoms with van der Waals surface area (Å²) in [6.07, 6.45) is 0.892. The van der Waals surface area contributed by atoms with Crippen LogP contribution in [0.25, 0.3) is 0 Å². The molecule has 0 aromatic carbocycles. The standard InChI is InChI=1S/C9H20O3Si/c1-5-7(3)9(4,8(10)11)13-12-6-2/h7H,5-6,13H2,1-4H3,(H,10,11). The second-order valence-corrected chi connectivity index (χ2v) is 5.83. The Labute approximate surface area is 82.4 Å². The van der Waals surface area contributed by atoms with Gasteiger partial charge in [0.25, 0.3) is 0 Å². The fourth-order valence-electron chi connectivity index (χ4n) is 1.18. The molecule has 0 bridgehead atoms. The van der Waals surface area contributed by atoms with Crippen LogP contribution in [-0.4, -0.2) is 27.4 Å². The lowest BCUT2D eigenvalue weighted by atomic mass is 9.92. The van der Waals surface area contributed by atoms with Crippen molar-refractivity contribution in [2.24, 2.45) is 5.92 Å². The van der Waals surface area contributed by atoms with Crippen molar-refractivity contribution in [3.63, 3.8) is 0 Å². The van der Waals surface area contributed by atoms with E-state index in [-0.39, 0.29) is 5.92 Å². The first-order valence-corrected chi connectivity index (χ1v) is 6.08. The van der Waals surface area contributed by atoms with Gasteiger partial charge in [-0.05, 0) is 19.8 Å². The minimum Gasteiger partial charge on any atom is -0.481 e. The van der Waals surface area contributed by atoms with E-state index in [2.05, 4.69) is 0 Å². The lowest BCUT2D eigenvalue weighted by molar-refractivity contribution is -0.142. The molecule has 0 amide bonds. The molecule has 0 aliphatic rings. The van der Waals surface area contributed by atoms with Crippen LogP contribution in [0.15, 0.2) is 0 Å². The zero-order chi connectivity index (χ0) is 10.5. The van der Waals surface area contributed by atoms with Crippen molar-refractivity contribution in [2.75, 3.05) is 6.61 Å². The van der Waals surface area contributed by atoms with Gasteiger partial charge in [-0.2, -0.15) is 0 Å². The summed E-state index contributed by atoms with van der Waals surface area (Å²) in [6.45, 7) is 8.36. The van der Waals surface area contributed by atoms with Crippen molar-refractivity contribution in [1.29, 1.82) is 0 Å². The minimum absolute atomic E-state index is 0.197. The maximum Gasteiger partial charge on any atom is 0.308 e. The molecule has 0 spiro atoms. The Balaban J connectivity index is 4.42. The highest BCUT2D eigenvalue weighted by Crippen LogP contribution is 2.36. The number of hydrogen-bond donors (Lipinski definition) is 1. The van der Waals surface area contributed by atoms with Crippen LogP contribution < -0.4 is 0 Å². The first-order valence-electron chi connectivity index (χ1n) is 4.80. The molecule has 0 aromatic heterocycles. The Morgan fingerprint density at radius 2 is 2.15 bits per heavy atom. The second-order valence-electron chi connectivity index (χ2n) is 3.67. The van der Waals surface area contributed by atoms with Crippen molar-refractivity contribution < 1.29 is 14.3 Å². The second kappa shape index (κ2) is 5.39. The maximum atomic E-state index is 11.1. The highest BCUT2D eigenvalue weighted by atomic mass is 28.2. The quantitative estimate of drug-likeness (QED) is 0.666. The molecule has 0 saturated carbocycles. The molecule has 2 atom stereocenters. The molecule has 0 aromatic rings. The fraction of sp³-hybridized carbons (Fsp3) is 0.889. The number of hydrogen-bond acceptors (Lipinski definition) is 2. The Hall–Kier alpha value is -0.353. The van der Waals surface area contributed by atoms with E-state index in [4.69, 9.17) is 9.53 Å². The third-order valence-electron chi connectivity index (χ3n) is 2.79. The van der Waals surface area contributed by atoms with E-state index in [1.54, 1.807) is 0 Å². The summed E-state index contributed by atoms with van der Waals surface area (Å²) in [5, 5.41) is 8.51. The summed E-state index contributed by atoms with van der Waals surface area (Å²) >= 11 is 0. The lowest BCUT2D eigenvalue weighted by Gasteiger charge is -2.29. The molecule has 78 valence electrons. The SMILES string of the molecule is CCO[SiH2]C(C)(C(=O)O)C(C)CC. The highest BCUT2D eigenvalue weighted by molar-refractivity contribution is 6.40. The third-order valence-corrected chi connectivity index (χ3v) is 5.01. The number of carbonyl (C=O) groups is 1. The Kier molecular flexibility index (Phi) is 5.25. The van der Waals surface area contributed by atoms with E-state index in [1.807, 2.05) is 27.7 Å². The summed E-state index contributed by atoms with van der Waals surface area (Å²) in [6, 6.07) is 0. The molecule has 0 fully saturated rings. The molecular weight excluding hydrogens is 184 g/mol. The van der Waals surface area contributed by atoms with E-state index in [0.717, 1.165) is 6.42 Å². The van der Waals surface area contributed by atoms with Gasteiger partial charge in [-0.3, -0.25) is 4.79 Å². The number of aliphatic carboxylic acids is 1. The molecule has 0 aliphatic carbocycles. The van der Waals surface area contributed by atoms with Gasteiger partial charge in [0.05, 0.1) is 5.04 Å². The monoisotopic (exact) mass is 204 g/mol. The maximum absolute atomic E-state index is 11.1. The number of carboxylic acids is 1. The van der Waals surface area contributed by atoms with Gasteiger partial charge >= 0.3 is 5.97 Å². The molecule has 0 radical (unpaired) electrons. The predicted octanol–water partition coefficient (Wildman–Crippen LogP) is 1.42. The molecule has 0 saturated heterocycles. The molecular formula is C9H20O3Si. The Morgan fingerprint density at radius 1 is 1.62 bits per heavy atom. The van der Waals surface area contributed by atoms with Gasteiger partial charge in [0, 0.05) is 6.61 Å². The lowest BCUT2D eigenvalue weighted by Crippen LogP contribution is -2.34. The smallest absolute Gasteiger partial charge is 0.308 e. The fourth-order valence-corrected chi connectivity index (χ4v) is 2.50. The minimum atomic E-state index is -0.977. The molecule has 0 aliphatic heterocycles. The van der Waals surface area contributed by atoms with Gasteiger partial charge in [-0.25, -0.2) is 0 Å². The van der Waals surface area contributed by atoms with Crippen molar-refractivity contribution >= 4 is 15.7 Å². The van der Waals surface area contributed by atoms with Crippen molar-refractivity contribution in [3.8, 4) is 0 Å². The highest BCUT2D eigenvalue weighted by Gasteiger charge is 2.38. The average molecular weight is 204 g/mol. The van der Waals surface area contributed by atoms with Crippen LogP contribution in [0.4, 0.5) is 0 Å². The van der Waals surface area contributed by atoms with Gasteiger partial charge in [-0.15, -0.1) is 0 Å². The van der Waals surface area contributed by atoms with Crippen LogP contribution in [0.3, 0.4) is 0 Å². The Morgan fingerprint density at radius 3 is 2.46 bits per heavy atom. The molecule has 4 heteroatoms. The zero-order valence-corrected chi connectivity index (χ0v) is 10.4. The van der Waals surface area contributed by atoms with Gasteiger partial charge in [0.15, 0.2) is 9.76 Å². The molecule has 1 N–H and O–H groups in total. The molecule has 13 heavy (non-hydrogen) atoms. The van der Waals surface area contributed by atoms with E-state index in [9.17, 15) is 4.79 Å². The van der Waals surface area contributed by atoms with E-state index < -0.39 is 20.8 Å². The summed E-state index contributed by atoms with van der Waals surface area (Å²) in [4.78, 5) is 11.1. The van der Waals surface area contributed by atoms with E-state index in [1.165, 1.54) is 0 Å². The van der Waals surface area contributed by atoms with E-state index in [0.29, 0.717) is 6.61 Å². The summed E-state index contributed by atoms with van der Waals surface area (Å²) in [5.41, 5.74) is 0. The largest absolute Gasteiger partial charge is 0.481 e. The Bertz CT molecular complexity index is 172. The molecule has 0 heterocycles. The van der Waals surface area contributed by atoms with Gasteiger partial charge in [-0.1, -0.05) is 20.3 Å². The predicted molar refractivity (Wildman–Crippen MR) is 55.6 cm³/mol. The first-order chi connectivity index (χ1) is 5.99. The van der Waals surface area contributed by atoms with Crippen molar-refractivity contribution in [3.05, 3.63) is 0 Å². The van der Waals surface area contributed by atoms with Crippen LogP contribution in [-0.2, 0) is 9.22 Å². The first kappa shape index (κ1) is 12.6. The molecule has 3 nitrogen and oxygen atoms in total.